The molecule has 0 aliphatic heterocycles. The Morgan fingerprint density at radius 1 is 1.38 bits per heavy atom. The summed E-state index contributed by atoms with van der Waals surface area (Å²) in [4.78, 5) is 15.8. The summed E-state index contributed by atoms with van der Waals surface area (Å²) in [5.74, 6) is -0.873. The van der Waals surface area contributed by atoms with Crippen LogP contribution in [0, 0.1) is 6.92 Å². The highest BCUT2D eigenvalue weighted by Crippen LogP contribution is 2.26. The Hall–Kier alpha value is -1.80. The highest BCUT2D eigenvalue weighted by Gasteiger charge is 2.29. The molecule has 24 heavy (non-hydrogen) atoms. The minimum Gasteiger partial charge on any atom is -0.467 e. The minimum absolute atomic E-state index is 0.0988. The number of hydrogen-bond acceptors (Lipinski definition) is 3. The molecule has 1 aromatic heterocycles. The maximum atomic E-state index is 12.2. The minimum atomic E-state index is -4.50. The van der Waals surface area contributed by atoms with Gasteiger partial charge in [0.1, 0.15) is 5.02 Å². The van der Waals surface area contributed by atoms with Crippen molar-refractivity contribution in [3.63, 3.8) is 0 Å². The molecule has 1 aromatic carbocycles. The number of amides is 1. The number of nitrogens with one attached hydrogen (secondary N) is 1. The number of ether oxygens (including phenoxy) is 1. The highest BCUT2D eigenvalue weighted by atomic mass is 79.9. The maximum absolute atomic E-state index is 12.2. The van der Waals surface area contributed by atoms with Crippen LogP contribution in [0.25, 0.3) is 0 Å². The van der Waals surface area contributed by atoms with Crippen LogP contribution in [0.3, 0.4) is 0 Å². The van der Waals surface area contributed by atoms with Gasteiger partial charge in [0.15, 0.2) is 6.61 Å². The normalized spacial score (nSPS) is 11.2. The maximum Gasteiger partial charge on any atom is 0.422 e. The Kier molecular flexibility index (Phi) is 5.71. The zero-order valence-corrected chi connectivity index (χ0v) is 14.6. The molecule has 0 bridgehead atoms. The van der Waals surface area contributed by atoms with E-state index in [0.717, 1.165) is 16.2 Å². The molecule has 0 unspecified atom stereocenters. The molecular weight excluding hydrogens is 413 g/mol. The second-order valence-corrected chi connectivity index (χ2v) is 6.15. The van der Waals surface area contributed by atoms with Gasteiger partial charge in [-0.3, -0.25) is 4.79 Å². The zero-order valence-electron chi connectivity index (χ0n) is 12.2. The fraction of sp³-hybridized carbons (Fsp3) is 0.200. The highest BCUT2D eigenvalue weighted by molar-refractivity contribution is 9.10. The molecule has 0 fully saturated rings. The van der Waals surface area contributed by atoms with Crippen LogP contribution in [0.2, 0.25) is 5.02 Å². The van der Waals surface area contributed by atoms with Crippen molar-refractivity contribution in [3.8, 4) is 5.88 Å². The molecule has 4 nitrogen and oxygen atoms in total. The van der Waals surface area contributed by atoms with Gasteiger partial charge < -0.3 is 10.1 Å². The Bertz CT molecular complexity index is 769. The van der Waals surface area contributed by atoms with Crippen molar-refractivity contribution >= 4 is 39.1 Å². The van der Waals surface area contributed by atoms with Gasteiger partial charge in [-0.1, -0.05) is 27.5 Å². The lowest BCUT2D eigenvalue weighted by Gasteiger charge is -2.11. The monoisotopic (exact) mass is 422 g/mol. The van der Waals surface area contributed by atoms with Crippen LogP contribution in [-0.2, 0) is 0 Å². The summed E-state index contributed by atoms with van der Waals surface area (Å²) in [7, 11) is 0. The molecule has 0 saturated heterocycles. The number of anilines is 1. The molecule has 0 radical (unpaired) electrons. The van der Waals surface area contributed by atoms with Gasteiger partial charge in [-0.15, -0.1) is 0 Å². The van der Waals surface area contributed by atoms with E-state index >= 15 is 0 Å². The smallest absolute Gasteiger partial charge is 0.422 e. The van der Waals surface area contributed by atoms with Gasteiger partial charge in [-0.25, -0.2) is 4.98 Å². The number of hydrogen-bond donors (Lipinski definition) is 1. The Labute approximate surface area is 149 Å². The fourth-order valence-corrected chi connectivity index (χ4v) is 2.46. The van der Waals surface area contributed by atoms with E-state index in [1.807, 2.05) is 13.0 Å². The first-order valence-corrected chi connectivity index (χ1v) is 7.75. The van der Waals surface area contributed by atoms with E-state index in [1.54, 1.807) is 12.1 Å². The number of rotatable bonds is 4. The predicted octanol–water partition coefficient (Wildman–Crippen LogP) is 5.00. The van der Waals surface area contributed by atoms with Crippen molar-refractivity contribution in [3.05, 3.63) is 51.1 Å². The first kappa shape index (κ1) is 18.5. The standard InChI is InChI=1S/C15H11BrClF3N2O2/c1-8-4-10(16)2-3-12(8)22-13(23)9-5-11(17)14(21-6-9)24-7-15(18,19)20/h2-6H,7H2,1H3,(H,22,23). The van der Waals surface area contributed by atoms with E-state index < -0.39 is 18.7 Å². The molecule has 0 aliphatic carbocycles. The number of carbonyl (C=O) groups is 1. The average molecular weight is 424 g/mol. The van der Waals surface area contributed by atoms with E-state index in [9.17, 15) is 18.0 Å². The molecule has 1 heterocycles. The van der Waals surface area contributed by atoms with Crippen LogP contribution in [-0.4, -0.2) is 23.7 Å². The molecule has 0 spiro atoms. The van der Waals surface area contributed by atoms with Gasteiger partial charge in [-0.2, -0.15) is 13.2 Å². The molecule has 128 valence electrons. The van der Waals surface area contributed by atoms with Gasteiger partial charge >= 0.3 is 6.18 Å². The van der Waals surface area contributed by atoms with Crippen LogP contribution in [0.4, 0.5) is 18.9 Å². The van der Waals surface area contributed by atoms with Crippen molar-refractivity contribution in [2.45, 2.75) is 13.1 Å². The topological polar surface area (TPSA) is 51.2 Å². The van der Waals surface area contributed by atoms with Gasteiger partial charge in [0, 0.05) is 16.4 Å². The molecule has 9 heteroatoms. The number of pyridine rings is 1. The summed E-state index contributed by atoms with van der Waals surface area (Å²) in [5, 5.41) is 2.50. The van der Waals surface area contributed by atoms with E-state index in [0.29, 0.717) is 5.69 Å². The summed E-state index contributed by atoms with van der Waals surface area (Å²) < 4.78 is 41.7. The first-order chi connectivity index (χ1) is 11.2. The van der Waals surface area contributed by atoms with E-state index in [1.165, 1.54) is 6.07 Å². The Morgan fingerprint density at radius 2 is 2.08 bits per heavy atom. The van der Waals surface area contributed by atoms with Crippen LogP contribution in [0.1, 0.15) is 15.9 Å². The fourth-order valence-electron chi connectivity index (χ4n) is 1.77. The summed E-state index contributed by atoms with van der Waals surface area (Å²) in [5.41, 5.74) is 1.53. The van der Waals surface area contributed by atoms with E-state index in [2.05, 4.69) is 31.0 Å². The first-order valence-electron chi connectivity index (χ1n) is 6.58. The van der Waals surface area contributed by atoms with Crippen molar-refractivity contribution in [1.82, 2.24) is 4.98 Å². The van der Waals surface area contributed by atoms with Gasteiger partial charge in [0.2, 0.25) is 5.88 Å². The zero-order chi connectivity index (χ0) is 17.9. The van der Waals surface area contributed by atoms with Crippen LogP contribution in [0.15, 0.2) is 34.9 Å². The number of aryl methyl sites for hydroxylation is 1. The van der Waals surface area contributed by atoms with Gasteiger partial charge in [0.25, 0.3) is 5.91 Å². The summed E-state index contributed by atoms with van der Waals surface area (Å²) in [6.45, 7) is 0.309. The van der Waals surface area contributed by atoms with Crippen molar-refractivity contribution in [2.24, 2.45) is 0 Å². The predicted molar refractivity (Wildman–Crippen MR) is 87.6 cm³/mol. The average Bonchev–Trinajstić information content (AvgIpc) is 2.47. The van der Waals surface area contributed by atoms with Crippen LogP contribution < -0.4 is 10.1 Å². The van der Waals surface area contributed by atoms with Crippen molar-refractivity contribution in [2.75, 3.05) is 11.9 Å². The second-order valence-electron chi connectivity index (χ2n) is 4.83. The molecule has 0 atom stereocenters. The number of carbonyl (C=O) groups excluding carboxylic acids is 1. The second kappa shape index (κ2) is 7.40. The van der Waals surface area contributed by atoms with Crippen molar-refractivity contribution in [1.29, 1.82) is 0 Å². The van der Waals surface area contributed by atoms with E-state index in [-0.39, 0.29) is 16.5 Å². The quantitative estimate of drug-likeness (QED) is 0.753. The summed E-state index contributed by atoms with van der Waals surface area (Å²) in [6, 6.07) is 6.51. The van der Waals surface area contributed by atoms with Crippen LogP contribution >= 0.6 is 27.5 Å². The number of halogens is 5. The SMILES string of the molecule is Cc1cc(Br)ccc1NC(=O)c1cnc(OCC(F)(F)F)c(Cl)c1. The number of benzene rings is 1. The Morgan fingerprint density at radius 3 is 2.67 bits per heavy atom. The number of aromatic nitrogens is 1. The summed E-state index contributed by atoms with van der Waals surface area (Å²) >= 11 is 9.14. The lowest BCUT2D eigenvalue weighted by molar-refractivity contribution is -0.154. The molecule has 1 amide bonds. The lowest BCUT2D eigenvalue weighted by Crippen LogP contribution is -2.20. The van der Waals surface area contributed by atoms with E-state index in [4.69, 9.17) is 11.6 Å². The number of nitrogens with zero attached hydrogens (tertiary/aromatic N) is 1. The molecule has 2 aromatic rings. The third-order valence-electron chi connectivity index (χ3n) is 2.88. The van der Waals surface area contributed by atoms with Crippen molar-refractivity contribution < 1.29 is 22.7 Å². The number of alkyl halides is 3. The van der Waals surface area contributed by atoms with Gasteiger partial charge in [-0.05, 0) is 36.8 Å². The third-order valence-corrected chi connectivity index (χ3v) is 3.64. The largest absolute Gasteiger partial charge is 0.467 e. The van der Waals surface area contributed by atoms with Crippen LogP contribution in [0.5, 0.6) is 5.88 Å². The Balaban J connectivity index is 2.11. The molecule has 2 rings (SSSR count). The molecular formula is C15H11BrClF3N2O2. The summed E-state index contributed by atoms with van der Waals surface area (Å²) in [6.07, 6.45) is -3.40. The lowest BCUT2D eigenvalue weighted by atomic mass is 10.2. The molecule has 0 saturated carbocycles. The molecule has 0 aliphatic rings. The third kappa shape index (κ3) is 5.10. The van der Waals surface area contributed by atoms with Gasteiger partial charge in [0.05, 0.1) is 5.56 Å². The molecule has 1 N–H and O–H groups in total.